The standard InChI is InChI=1S/C10H19FSSi2/c1-13(2,3)9-7-8(11)10(12-9)14(4,5)6/h7H,1-6H3. The highest BCUT2D eigenvalue weighted by Gasteiger charge is 2.28. The molecule has 14 heavy (non-hydrogen) atoms. The van der Waals surface area contributed by atoms with Crippen molar-refractivity contribution in [3.05, 3.63) is 11.9 Å². The first-order valence-electron chi connectivity index (χ1n) is 4.92. The average molecular weight is 246 g/mol. The van der Waals surface area contributed by atoms with Crippen LogP contribution in [0.5, 0.6) is 0 Å². The zero-order chi connectivity index (χ0) is 11.1. The minimum Gasteiger partial charge on any atom is -0.206 e. The highest BCUT2D eigenvalue weighted by Crippen LogP contribution is 2.14. The second-order valence-electron chi connectivity index (χ2n) is 5.79. The summed E-state index contributed by atoms with van der Waals surface area (Å²) in [6.45, 7) is 13.4. The molecule has 0 N–H and O–H groups in total. The topological polar surface area (TPSA) is 0 Å². The lowest BCUT2D eigenvalue weighted by Crippen LogP contribution is -2.38. The molecule has 0 bridgehead atoms. The largest absolute Gasteiger partial charge is 0.206 e. The molecule has 0 atom stereocenters. The molecule has 0 spiro atoms. The highest BCUT2D eigenvalue weighted by atomic mass is 32.1. The molecule has 4 heteroatoms. The molecular formula is C10H19FSSi2. The Morgan fingerprint density at radius 1 is 1.00 bits per heavy atom. The fraction of sp³-hybridized carbons (Fsp3) is 0.600. The molecule has 0 amide bonds. The Balaban J connectivity index is 3.19. The summed E-state index contributed by atoms with van der Waals surface area (Å²) >= 11 is 1.72. The van der Waals surface area contributed by atoms with Crippen LogP contribution in [-0.2, 0) is 0 Å². The zero-order valence-corrected chi connectivity index (χ0v) is 12.7. The molecule has 1 rings (SSSR count). The Labute approximate surface area is 92.2 Å². The van der Waals surface area contributed by atoms with E-state index in [1.54, 1.807) is 17.4 Å². The van der Waals surface area contributed by atoms with E-state index in [1.807, 2.05) is 0 Å². The van der Waals surface area contributed by atoms with Gasteiger partial charge in [0.25, 0.3) is 0 Å². The van der Waals surface area contributed by atoms with E-state index in [2.05, 4.69) is 39.3 Å². The summed E-state index contributed by atoms with van der Waals surface area (Å²) in [6.07, 6.45) is 0. The Morgan fingerprint density at radius 2 is 1.50 bits per heavy atom. The predicted molar refractivity (Wildman–Crippen MR) is 70.2 cm³/mol. The summed E-state index contributed by atoms with van der Waals surface area (Å²) in [7, 11) is -2.79. The van der Waals surface area contributed by atoms with Crippen LogP contribution in [0, 0.1) is 5.82 Å². The Bertz CT molecular complexity index is 331. The Hall–Kier alpha value is 0.0638. The molecule has 0 aliphatic carbocycles. The van der Waals surface area contributed by atoms with Crippen LogP contribution < -0.4 is 9.00 Å². The van der Waals surface area contributed by atoms with Gasteiger partial charge in [0.05, 0.1) is 16.1 Å². The number of hydrogen-bond donors (Lipinski definition) is 0. The third kappa shape index (κ3) is 2.55. The van der Waals surface area contributed by atoms with Crippen molar-refractivity contribution in [1.29, 1.82) is 0 Å². The van der Waals surface area contributed by atoms with Gasteiger partial charge in [-0.05, 0) is 10.6 Å². The van der Waals surface area contributed by atoms with Crippen LogP contribution in [0.15, 0.2) is 6.07 Å². The van der Waals surface area contributed by atoms with Crippen LogP contribution >= 0.6 is 11.3 Å². The summed E-state index contributed by atoms with van der Waals surface area (Å²) in [5.41, 5.74) is 0. The van der Waals surface area contributed by atoms with Crippen molar-refractivity contribution in [3.8, 4) is 0 Å². The van der Waals surface area contributed by atoms with Crippen molar-refractivity contribution < 1.29 is 4.39 Å². The van der Waals surface area contributed by atoms with Crippen LogP contribution in [0.25, 0.3) is 0 Å². The van der Waals surface area contributed by atoms with E-state index in [0.29, 0.717) is 0 Å². The maximum absolute atomic E-state index is 13.7. The SMILES string of the molecule is C[Si](C)(C)c1cc(F)c([Si](C)(C)C)s1. The van der Waals surface area contributed by atoms with Gasteiger partial charge in [-0.1, -0.05) is 39.3 Å². The van der Waals surface area contributed by atoms with E-state index in [4.69, 9.17) is 0 Å². The van der Waals surface area contributed by atoms with Gasteiger partial charge in [0.2, 0.25) is 0 Å². The molecule has 0 aliphatic heterocycles. The zero-order valence-electron chi connectivity index (χ0n) is 9.86. The normalized spacial score (nSPS) is 13.4. The fourth-order valence-corrected chi connectivity index (χ4v) is 6.53. The van der Waals surface area contributed by atoms with Crippen molar-refractivity contribution in [2.45, 2.75) is 39.3 Å². The molecule has 0 aliphatic rings. The van der Waals surface area contributed by atoms with Gasteiger partial charge >= 0.3 is 0 Å². The van der Waals surface area contributed by atoms with Crippen LogP contribution in [0.4, 0.5) is 4.39 Å². The van der Waals surface area contributed by atoms with E-state index < -0.39 is 16.1 Å². The van der Waals surface area contributed by atoms with E-state index in [9.17, 15) is 4.39 Å². The van der Waals surface area contributed by atoms with Gasteiger partial charge in [0.15, 0.2) is 0 Å². The highest BCUT2D eigenvalue weighted by molar-refractivity contribution is 7.35. The lowest BCUT2D eigenvalue weighted by molar-refractivity contribution is 0.640. The summed E-state index contributed by atoms with van der Waals surface area (Å²) in [6, 6.07) is 1.78. The first-order valence-corrected chi connectivity index (χ1v) is 12.7. The number of thiophene rings is 1. The second-order valence-corrected chi connectivity index (χ2v) is 17.6. The first kappa shape index (κ1) is 12.1. The Morgan fingerprint density at radius 3 is 1.71 bits per heavy atom. The molecule has 80 valence electrons. The van der Waals surface area contributed by atoms with Gasteiger partial charge in [-0.15, -0.1) is 0 Å². The smallest absolute Gasteiger partial charge is 0.132 e. The van der Waals surface area contributed by atoms with Gasteiger partial charge in [-0.3, -0.25) is 0 Å². The molecule has 1 aromatic rings. The maximum atomic E-state index is 13.7. The van der Waals surface area contributed by atoms with Gasteiger partial charge in [-0.2, -0.15) is 11.3 Å². The summed E-state index contributed by atoms with van der Waals surface area (Å²) in [5, 5.41) is 0. The lowest BCUT2D eigenvalue weighted by atomic mass is 10.6. The minimum atomic E-state index is -1.47. The van der Waals surface area contributed by atoms with Crippen molar-refractivity contribution in [1.82, 2.24) is 0 Å². The number of halogens is 1. The van der Waals surface area contributed by atoms with Crippen LogP contribution in [0.2, 0.25) is 39.3 Å². The molecule has 0 aromatic carbocycles. The fourth-order valence-electron chi connectivity index (χ4n) is 1.25. The van der Waals surface area contributed by atoms with Crippen LogP contribution in [-0.4, -0.2) is 16.1 Å². The monoisotopic (exact) mass is 246 g/mol. The number of hydrogen-bond acceptors (Lipinski definition) is 1. The van der Waals surface area contributed by atoms with Crippen LogP contribution in [0.1, 0.15) is 0 Å². The lowest BCUT2D eigenvalue weighted by Gasteiger charge is -2.15. The number of rotatable bonds is 2. The van der Waals surface area contributed by atoms with E-state index in [-0.39, 0.29) is 5.82 Å². The third-order valence-electron chi connectivity index (χ3n) is 2.11. The molecule has 0 saturated heterocycles. The van der Waals surface area contributed by atoms with Gasteiger partial charge in [-0.25, -0.2) is 4.39 Å². The molecule has 0 nitrogen and oxygen atoms in total. The van der Waals surface area contributed by atoms with E-state index in [1.165, 1.54) is 4.50 Å². The summed E-state index contributed by atoms with van der Waals surface area (Å²) < 4.78 is 16.0. The summed E-state index contributed by atoms with van der Waals surface area (Å²) in [4.78, 5) is 0. The van der Waals surface area contributed by atoms with Crippen molar-refractivity contribution in [2.75, 3.05) is 0 Å². The van der Waals surface area contributed by atoms with Crippen molar-refractivity contribution >= 4 is 36.5 Å². The molecule has 0 radical (unpaired) electrons. The van der Waals surface area contributed by atoms with Crippen LogP contribution in [0.3, 0.4) is 0 Å². The molecule has 0 unspecified atom stereocenters. The molecular weight excluding hydrogens is 227 g/mol. The second kappa shape index (κ2) is 3.57. The minimum absolute atomic E-state index is 0.0478. The van der Waals surface area contributed by atoms with E-state index >= 15 is 0 Å². The van der Waals surface area contributed by atoms with Gasteiger partial charge in [0, 0.05) is 4.50 Å². The van der Waals surface area contributed by atoms with Gasteiger partial charge in [0.1, 0.15) is 5.82 Å². The molecule has 0 saturated carbocycles. The maximum Gasteiger partial charge on any atom is 0.132 e. The molecule has 1 heterocycles. The van der Waals surface area contributed by atoms with Crippen molar-refractivity contribution in [2.24, 2.45) is 0 Å². The first-order chi connectivity index (χ1) is 6.12. The summed E-state index contributed by atoms with van der Waals surface area (Å²) in [5.74, 6) is 0.0478. The molecule has 1 aromatic heterocycles. The Kier molecular flexibility index (Phi) is 3.10. The third-order valence-corrected chi connectivity index (χ3v) is 10.4. The predicted octanol–water partition coefficient (Wildman–Crippen LogP) is 2.98. The van der Waals surface area contributed by atoms with E-state index in [0.717, 1.165) is 4.50 Å². The van der Waals surface area contributed by atoms with Gasteiger partial charge < -0.3 is 0 Å². The molecule has 0 fully saturated rings. The quantitative estimate of drug-likeness (QED) is 0.704. The van der Waals surface area contributed by atoms with Crippen molar-refractivity contribution in [3.63, 3.8) is 0 Å². The average Bonchev–Trinajstić information content (AvgIpc) is 2.27.